The van der Waals surface area contributed by atoms with E-state index in [9.17, 15) is 14.3 Å². The molecule has 1 N–H and O–H groups in total. The predicted octanol–water partition coefficient (Wildman–Crippen LogP) is 4.23. The summed E-state index contributed by atoms with van der Waals surface area (Å²) in [5, 5.41) is 9.49. The minimum absolute atomic E-state index is 0. The average Bonchev–Trinajstić information content (AvgIpc) is 2.77. The topological polar surface area (TPSA) is 40.5 Å². The first-order chi connectivity index (χ1) is 10.0. The van der Waals surface area contributed by atoms with Gasteiger partial charge in [0.25, 0.3) is 0 Å². The number of carboxylic acid groups (broad SMARTS) is 1. The summed E-state index contributed by atoms with van der Waals surface area (Å²) < 4.78 is 14.2. The highest BCUT2D eigenvalue weighted by atomic mass is 79.9. The average molecular weight is 393 g/mol. The van der Waals surface area contributed by atoms with Crippen molar-refractivity contribution in [1.82, 2.24) is 4.90 Å². The fraction of sp³-hybridized carbons (Fsp3) is 0.562. The molecule has 1 aliphatic carbocycles. The van der Waals surface area contributed by atoms with E-state index in [1.54, 1.807) is 0 Å². The van der Waals surface area contributed by atoms with Gasteiger partial charge in [0.1, 0.15) is 11.9 Å². The van der Waals surface area contributed by atoms with Crippen molar-refractivity contribution in [3.05, 3.63) is 34.1 Å². The highest BCUT2D eigenvalue weighted by molar-refractivity contribution is 9.10. The molecule has 2 fully saturated rings. The third kappa shape index (κ3) is 3.63. The third-order valence-electron chi connectivity index (χ3n) is 4.79. The molecule has 1 saturated heterocycles. The van der Waals surface area contributed by atoms with Gasteiger partial charge in [-0.3, -0.25) is 9.69 Å². The zero-order valence-electron chi connectivity index (χ0n) is 12.2. The van der Waals surface area contributed by atoms with Gasteiger partial charge in [0.15, 0.2) is 0 Å². The Morgan fingerprint density at radius 3 is 2.73 bits per heavy atom. The van der Waals surface area contributed by atoms with Crippen LogP contribution in [0.5, 0.6) is 0 Å². The highest BCUT2D eigenvalue weighted by Gasteiger charge is 2.44. The second-order valence-corrected chi connectivity index (χ2v) is 7.07. The van der Waals surface area contributed by atoms with E-state index >= 15 is 0 Å². The lowest BCUT2D eigenvalue weighted by molar-refractivity contribution is -0.142. The first kappa shape index (κ1) is 17.7. The molecule has 0 radical (unpaired) electrons. The van der Waals surface area contributed by atoms with Crippen molar-refractivity contribution in [2.75, 3.05) is 0 Å². The molecule has 0 spiro atoms. The van der Waals surface area contributed by atoms with E-state index in [0.717, 1.165) is 31.2 Å². The first-order valence-corrected chi connectivity index (χ1v) is 8.27. The lowest BCUT2D eigenvalue weighted by Gasteiger charge is -2.33. The maximum Gasteiger partial charge on any atom is 0.320 e. The zero-order chi connectivity index (χ0) is 15.0. The Morgan fingerprint density at radius 1 is 1.32 bits per heavy atom. The van der Waals surface area contributed by atoms with Crippen LogP contribution in [0.1, 0.15) is 37.7 Å². The van der Waals surface area contributed by atoms with Crippen molar-refractivity contribution in [2.24, 2.45) is 5.92 Å². The molecule has 2 aliphatic rings. The van der Waals surface area contributed by atoms with Crippen molar-refractivity contribution in [1.29, 1.82) is 0 Å². The van der Waals surface area contributed by atoms with Gasteiger partial charge in [-0.2, -0.15) is 0 Å². The lowest BCUT2D eigenvalue weighted by Crippen LogP contribution is -2.41. The second kappa shape index (κ2) is 7.28. The summed E-state index contributed by atoms with van der Waals surface area (Å²) in [6.45, 7) is 0.508. The van der Waals surface area contributed by atoms with Gasteiger partial charge in [-0.25, -0.2) is 4.39 Å². The zero-order valence-corrected chi connectivity index (χ0v) is 14.6. The Bertz CT molecular complexity index is 537. The largest absolute Gasteiger partial charge is 0.480 e. The molecule has 122 valence electrons. The Morgan fingerprint density at radius 2 is 2.05 bits per heavy atom. The minimum Gasteiger partial charge on any atom is -0.480 e. The summed E-state index contributed by atoms with van der Waals surface area (Å²) >= 11 is 3.30. The quantitative estimate of drug-likeness (QED) is 0.837. The normalized spacial score (nSPS) is 28.0. The number of nitrogens with zero attached hydrogens (tertiary/aromatic N) is 1. The fourth-order valence-electron chi connectivity index (χ4n) is 3.94. The van der Waals surface area contributed by atoms with E-state index in [1.165, 1.54) is 18.6 Å². The van der Waals surface area contributed by atoms with Gasteiger partial charge in [-0.15, -0.1) is 12.4 Å². The van der Waals surface area contributed by atoms with Crippen LogP contribution in [0.4, 0.5) is 4.39 Å². The number of halogens is 3. The van der Waals surface area contributed by atoms with Crippen molar-refractivity contribution in [3.63, 3.8) is 0 Å². The molecule has 22 heavy (non-hydrogen) atoms. The Balaban J connectivity index is 0.00000176. The molecule has 3 unspecified atom stereocenters. The molecule has 0 bridgehead atoms. The van der Waals surface area contributed by atoms with Crippen LogP contribution in [0.3, 0.4) is 0 Å². The molecule has 0 amide bonds. The molecule has 1 heterocycles. The van der Waals surface area contributed by atoms with Gasteiger partial charge in [-0.1, -0.05) is 28.8 Å². The Labute approximate surface area is 144 Å². The third-order valence-corrected chi connectivity index (χ3v) is 5.25. The number of hydrogen-bond donors (Lipinski definition) is 1. The number of carboxylic acids is 1. The summed E-state index contributed by atoms with van der Waals surface area (Å²) in [6, 6.07) is 4.70. The molecule has 1 saturated carbocycles. The van der Waals surface area contributed by atoms with Gasteiger partial charge >= 0.3 is 5.97 Å². The van der Waals surface area contributed by atoms with Crippen molar-refractivity contribution >= 4 is 34.3 Å². The number of fused-ring (bicyclic) bond motifs is 1. The van der Waals surface area contributed by atoms with Gasteiger partial charge < -0.3 is 5.11 Å². The molecule has 0 aromatic heterocycles. The molecule has 1 aliphatic heterocycles. The van der Waals surface area contributed by atoms with Crippen LogP contribution in [0.15, 0.2) is 22.7 Å². The monoisotopic (exact) mass is 391 g/mol. The molecule has 6 heteroatoms. The summed E-state index contributed by atoms with van der Waals surface area (Å²) in [7, 11) is 0. The number of benzene rings is 1. The number of rotatable bonds is 3. The van der Waals surface area contributed by atoms with Gasteiger partial charge in [0.05, 0.1) is 0 Å². The maximum absolute atomic E-state index is 13.5. The SMILES string of the molecule is Cl.O=C(O)C1CC2CCCCC2N1Cc1cc(F)cc(Br)c1. The Kier molecular flexibility index (Phi) is 5.86. The number of aliphatic carboxylic acids is 1. The van der Waals surface area contributed by atoms with Crippen molar-refractivity contribution < 1.29 is 14.3 Å². The molecule has 3 rings (SSSR count). The predicted molar refractivity (Wildman–Crippen MR) is 88.7 cm³/mol. The van der Waals surface area contributed by atoms with Gasteiger partial charge in [0, 0.05) is 17.1 Å². The van der Waals surface area contributed by atoms with Crippen molar-refractivity contribution in [3.8, 4) is 0 Å². The van der Waals surface area contributed by atoms with Crippen LogP contribution >= 0.6 is 28.3 Å². The fourth-order valence-corrected chi connectivity index (χ4v) is 4.45. The smallest absolute Gasteiger partial charge is 0.320 e. The second-order valence-electron chi connectivity index (χ2n) is 6.15. The van der Waals surface area contributed by atoms with Crippen LogP contribution in [0, 0.1) is 11.7 Å². The van der Waals surface area contributed by atoms with Crippen LogP contribution in [-0.4, -0.2) is 28.1 Å². The number of likely N-dealkylation sites (tertiary alicyclic amines) is 1. The van der Waals surface area contributed by atoms with Crippen LogP contribution in [0.2, 0.25) is 0 Å². The lowest BCUT2D eigenvalue weighted by atomic mass is 9.84. The molecular weight excluding hydrogens is 373 g/mol. The van der Waals surface area contributed by atoms with Crippen LogP contribution in [0.25, 0.3) is 0 Å². The van der Waals surface area contributed by atoms with E-state index in [1.807, 2.05) is 6.07 Å². The van der Waals surface area contributed by atoms with E-state index in [2.05, 4.69) is 20.8 Å². The summed E-state index contributed by atoms with van der Waals surface area (Å²) in [6.07, 6.45) is 5.28. The van der Waals surface area contributed by atoms with Gasteiger partial charge in [-0.05, 0) is 48.9 Å². The van der Waals surface area contributed by atoms with E-state index in [4.69, 9.17) is 0 Å². The molecule has 3 nitrogen and oxygen atoms in total. The highest BCUT2D eigenvalue weighted by Crippen LogP contribution is 2.40. The molecule has 3 atom stereocenters. The van der Waals surface area contributed by atoms with Crippen molar-refractivity contribution in [2.45, 2.75) is 50.7 Å². The molecule has 1 aromatic carbocycles. The summed E-state index contributed by atoms with van der Waals surface area (Å²) in [5.74, 6) is -0.553. The van der Waals surface area contributed by atoms with E-state index in [-0.39, 0.29) is 18.2 Å². The number of hydrogen-bond acceptors (Lipinski definition) is 2. The van der Waals surface area contributed by atoms with E-state index in [0.29, 0.717) is 23.0 Å². The standard InChI is InChI=1S/C16H19BrFNO2.ClH/c17-12-5-10(6-13(18)8-12)9-19-14-4-2-1-3-11(14)7-15(19)16(20)21;/h5-6,8,11,14-15H,1-4,7,9H2,(H,20,21);1H. The Hall–Kier alpha value is -0.650. The summed E-state index contributed by atoms with van der Waals surface area (Å²) in [5.41, 5.74) is 0.833. The van der Waals surface area contributed by atoms with Crippen LogP contribution in [-0.2, 0) is 11.3 Å². The number of carbonyl (C=O) groups is 1. The minimum atomic E-state index is -0.750. The summed E-state index contributed by atoms with van der Waals surface area (Å²) in [4.78, 5) is 13.6. The van der Waals surface area contributed by atoms with E-state index < -0.39 is 12.0 Å². The molecular formula is C16H20BrClFNO2. The first-order valence-electron chi connectivity index (χ1n) is 7.48. The maximum atomic E-state index is 13.5. The molecule has 1 aromatic rings. The van der Waals surface area contributed by atoms with Crippen LogP contribution < -0.4 is 0 Å². The van der Waals surface area contributed by atoms with Gasteiger partial charge in [0.2, 0.25) is 0 Å².